The van der Waals surface area contributed by atoms with Gasteiger partial charge in [-0.1, -0.05) is 31.2 Å². The highest BCUT2D eigenvalue weighted by Gasteiger charge is 2.44. The van der Waals surface area contributed by atoms with E-state index in [1.165, 1.54) is 55.5 Å². The standard InChI is InChI=1S/C18H17F2NO3/c1-3-17(22)24-12(2)18(21-23,13-4-8-15(19)9-5-13)14-6-10-16(20)11-7-14/h4-12H,3H2,1-2H3/t12-/m0/s1. The van der Waals surface area contributed by atoms with Crippen LogP contribution in [0.2, 0.25) is 0 Å². The van der Waals surface area contributed by atoms with Gasteiger partial charge in [-0.25, -0.2) is 8.78 Å². The van der Waals surface area contributed by atoms with E-state index in [9.17, 15) is 18.5 Å². The van der Waals surface area contributed by atoms with E-state index in [0.29, 0.717) is 11.1 Å². The minimum absolute atomic E-state index is 0.131. The molecular weight excluding hydrogens is 316 g/mol. The van der Waals surface area contributed by atoms with Crippen LogP contribution in [0, 0.1) is 16.5 Å². The number of carbonyl (C=O) groups excluding carboxylic acids is 1. The van der Waals surface area contributed by atoms with Gasteiger partial charge in [-0.15, -0.1) is 4.91 Å². The first-order chi connectivity index (χ1) is 11.4. The van der Waals surface area contributed by atoms with Gasteiger partial charge in [0.1, 0.15) is 17.7 Å². The predicted molar refractivity (Wildman–Crippen MR) is 85.2 cm³/mol. The fourth-order valence-corrected chi connectivity index (χ4v) is 2.59. The molecule has 0 heterocycles. The Hall–Kier alpha value is -2.63. The number of hydrogen-bond donors (Lipinski definition) is 0. The summed E-state index contributed by atoms with van der Waals surface area (Å²) in [5, 5.41) is 3.23. The lowest BCUT2D eigenvalue weighted by Crippen LogP contribution is -2.40. The molecule has 0 saturated carbocycles. The fourth-order valence-electron chi connectivity index (χ4n) is 2.59. The maximum Gasteiger partial charge on any atom is 0.305 e. The van der Waals surface area contributed by atoms with Gasteiger partial charge in [0.05, 0.1) is 0 Å². The third-order valence-electron chi connectivity index (χ3n) is 3.90. The van der Waals surface area contributed by atoms with Gasteiger partial charge in [-0.3, -0.25) is 4.79 Å². The fraction of sp³-hybridized carbons (Fsp3) is 0.278. The molecule has 0 aromatic heterocycles. The zero-order valence-corrected chi connectivity index (χ0v) is 13.3. The Morgan fingerprint density at radius 1 is 1.04 bits per heavy atom. The molecule has 0 aliphatic rings. The molecule has 0 saturated heterocycles. The van der Waals surface area contributed by atoms with E-state index in [2.05, 4.69) is 5.18 Å². The topological polar surface area (TPSA) is 55.7 Å². The Labute approximate surface area is 138 Å². The highest BCUT2D eigenvalue weighted by molar-refractivity contribution is 5.69. The Bertz CT molecular complexity index is 669. The number of carbonyl (C=O) groups is 1. The van der Waals surface area contributed by atoms with Crippen molar-refractivity contribution in [1.29, 1.82) is 0 Å². The molecule has 0 radical (unpaired) electrons. The van der Waals surface area contributed by atoms with Crippen molar-refractivity contribution >= 4 is 5.97 Å². The molecule has 0 N–H and O–H groups in total. The van der Waals surface area contributed by atoms with E-state index in [1.807, 2.05) is 0 Å². The van der Waals surface area contributed by atoms with E-state index < -0.39 is 29.2 Å². The summed E-state index contributed by atoms with van der Waals surface area (Å²) < 4.78 is 31.8. The van der Waals surface area contributed by atoms with Crippen LogP contribution in [-0.2, 0) is 15.1 Å². The maximum atomic E-state index is 13.3. The van der Waals surface area contributed by atoms with Crippen molar-refractivity contribution in [3.8, 4) is 0 Å². The molecule has 2 aromatic rings. The molecule has 0 aliphatic heterocycles. The molecule has 0 spiro atoms. The number of esters is 1. The summed E-state index contributed by atoms with van der Waals surface area (Å²) in [6.45, 7) is 3.16. The number of hydrogen-bond acceptors (Lipinski definition) is 4. The molecular formula is C18H17F2NO3. The van der Waals surface area contributed by atoms with E-state index in [-0.39, 0.29) is 6.42 Å². The van der Waals surface area contributed by atoms with E-state index >= 15 is 0 Å². The number of rotatable bonds is 6. The second-order valence-electron chi connectivity index (χ2n) is 5.36. The Kier molecular flexibility index (Phi) is 5.39. The highest BCUT2D eigenvalue weighted by Crippen LogP contribution is 2.39. The number of benzene rings is 2. The van der Waals surface area contributed by atoms with Crippen molar-refractivity contribution < 1.29 is 18.3 Å². The molecule has 0 amide bonds. The third kappa shape index (κ3) is 3.32. The average molecular weight is 333 g/mol. The normalized spacial score (nSPS) is 12.5. The van der Waals surface area contributed by atoms with Crippen LogP contribution >= 0.6 is 0 Å². The van der Waals surface area contributed by atoms with Gasteiger partial charge < -0.3 is 4.74 Å². The van der Waals surface area contributed by atoms with Gasteiger partial charge in [-0.05, 0) is 47.5 Å². The van der Waals surface area contributed by atoms with Crippen LogP contribution in [0.5, 0.6) is 0 Å². The van der Waals surface area contributed by atoms with E-state index in [1.54, 1.807) is 6.92 Å². The minimum Gasteiger partial charge on any atom is -0.459 e. The summed E-state index contributed by atoms with van der Waals surface area (Å²) in [4.78, 5) is 23.5. The summed E-state index contributed by atoms with van der Waals surface area (Å²) in [7, 11) is 0. The lowest BCUT2D eigenvalue weighted by atomic mass is 9.79. The van der Waals surface area contributed by atoms with Gasteiger partial charge >= 0.3 is 5.97 Å². The molecule has 0 fully saturated rings. The Morgan fingerprint density at radius 2 is 1.46 bits per heavy atom. The monoisotopic (exact) mass is 333 g/mol. The van der Waals surface area contributed by atoms with Gasteiger partial charge in [0, 0.05) is 6.42 Å². The van der Waals surface area contributed by atoms with Crippen LogP contribution in [0.25, 0.3) is 0 Å². The quantitative estimate of drug-likeness (QED) is 0.584. The molecule has 0 bridgehead atoms. The first-order valence-electron chi connectivity index (χ1n) is 7.50. The number of halogens is 2. The number of nitroso groups, excluding NO2 is 1. The van der Waals surface area contributed by atoms with Crippen molar-refractivity contribution in [1.82, 2.24) is 0 Å². The summed E-state index contributed by atoms with van der Waals surface area (Å²) in [6, 6.07) is 10.3. The van der Waals surface area contributed by atoms with Gasteiger partial charge in [0.15, 0.2) is 5.54 Å². The van der Waals surface area contributed by atoms with Crippen molar-refractivity contribution in [3.63, 3.8) is 0 Å². The van der Waals surface area contributed by atoms with Crippen molar-refractivity contribution in [3.05, 3.63) is 76.2 Å². The lowest BCUT2D eigenvalue weighted by Gasteiger charge is -2.33. The zero-order chi connectivity index (χ0) is 17.7. The molecule has 24 heavy (non-hydrogen) atoms. The molecule has 4 nitrogen and oxygen atoms in total. The maximum absolute atomic E-state index is 13.3. The highest BCUT2D eigenvalue weighted by atomic mass is 19.1. The van der Waals surface area contributed by atoms with Crippen molar-refractivity contribution in [2.75, 3.05) is 0 Å². The van der Waals surface area contributed by atoms with Crippen LogP contribution in [0.3, 0.4) is 0 Å². The van der Waals surface area contributed by atoms with Crippen molar-refractivity contribution in [2.45, 2.75) is 31.9 Å². The van der Waals surface area contributed by atoms with Crippen LogP contribution in [0.15, 0.2) is 53.7 Å². The van der Waals surface area contributed by atoms with E-state index in [0.717, 1.165) is 0 Å². The second-order valence-corrected chi connectivity index (χ2v) is 5.36. The Balaban J connectivity index is 2.61. The SMILES string of the molecule is CCC(=O)O[C@@H](C)C(N=O)(c1ccc(F)cc1)c1ccc(F)cc1. The van der Waals surface area contributed by atoms with E-state index in [4.69, 9.17) is 4.74 Å². The number of nitrogens with zero attached hydrogens (tertiary/aromatic N) is 1. The molecule has 0 unspecified atom stereocenters. The average Bonchev–Trinajstić information content (AvgIpc) is 2.58. The van der Waals surface area contributed by atoms with Crippen molar-refractivity contribution in [2.24, 2.45) is 5.18 Å². The summed E-state index contributed by atoms with van der Waals surface area (Å²) in [5.74, 6) is -1.45. The van der Waals surface area contributed by atoms with Crippen LogP contribution in [-0.4, -0.2) is 12.1 Å². The summed E-state index contributed by atoms with van der Waals surface area (Å²) in [6.07, 6.45) is -0.829. The number of ether oxygens (including phenoxy) is 1. The lowest BCUT2D eigenvalue weighted by molar-refractivity contribution is -0.150. The largest absolute Gasteiger partial charge is 0.459 e. The molecule has 1 atom stereocenters. The second kappa shape index (κ2) is 7.29. The van der Waals surface area contributed by atoms with Gasteiger partial charge in [0.25, 0.3) is 0 Å². The predicted octanol–water partition coefficient (Wildman–Crippen LogP) is 4.32. The van der Waals surface area contributed by atoms with Crippen LogP contribution < -0.4 is 0 Å². The van der Waals surface area contributed by atoms with Crippen LogP contribution in [0.1, 0.15) is 31.4 Å². The zero-order valence-electron chi connectivity index (χ0n) is 13.3. The summed E-state index contributed by atoms with van der Waals surface area (Å²) in [5.41, 5.74) is -0.907. The minimum atomic E-state index is -1.60. The van der Waals surface area contributed by atoms with Gasteiger partial charge in [-0.2, -0.15) is 0 Å². The van der Waals surface area contributed by atoms with Crippen LogP contribution in [0.4, 0.5) is 8.78 Å². The molecule has 0 aliphatic carbocycles. The van der Waals surface area contributed by atoms with Gasteiger partial charge in [0.2, 0.25) is 0 Å². The summed E-state index contributed by atoms with van der Waals surface area (Å²) >= 11 is 0. The smallest absolute Gasteiger partial charge is 0.305 e. The molecule has 126 valence electrons. The molecule has 6 heteroatoms. The first kappa shape index (κ1) is 17.7. The Morgan fingerprint density at radius 3 is 1.79 bits per heavy atom. The third-order valence-corrected chi connectivity index (χ3v) is 3.90. The molecule has 2 rings (SSSR count). The molecule has 2 aromatic carbocycles. The first-order valence-corrected chi connectivity index (χ1v) is 7.50.